The highest BCUT2D eigenvalue weighted by Crippen LogP contribution is 2.09. The van der Waals surface area contributed by atoms with E-state index >= 15 is 0 Å². The van der Waals surface area contributed by atoms with Crippen molar-refractivity contribution in [2.45, 2.75) is 19.4 Å². The van der Waals surface area contributed by atoms with Crippen LogP contribution in [0.25, 0.3) is 11.2 Å². The van der Waals surface area contributed by atoms with Crippen molar-refractivity contribution >= 4 is 17.0 Å². The highest BCUT2D eigenvalue weighted by Gasteiger charge is 1.99. The lowest BCUT2D eigenvalue weighted by atomic mass is 10.2. The summed E-state index contributed by atoms with van der Waals surface area (Å²) in [5, 5.41) is 3.21. The largest absolute Gasteiger partial charge is 0.370 e. The monoisotopic (exact) mass is 217 g/mol. The minimum Gasteiger partial charge on any atom is -0.370 e. The quantitative estimate of drug-likeness (QED) is 0.804. The van der Waals surface area contributed by atoms with Crippen LogP contribution in [0.3, 0.4) is 0 Å². The van der Waals surface area contributed by atoms with Crippen molar-refractivity contribution < 1.29 is 0 Å². The summed E-state index contributed by atoms with van der Waals surface area (Å²) in [5.74, 6) is 0.814. The molecule has 1 atom stereocenters. The first-order chi connectivity index (χ1) is 7.75. The second-order valence-corrected chi connectivity index (χ2v) is 3.79. The number of aromatic nitrogens is 3. The molecule has 0 aromatic carbocycles. The second-order valence-electron chi connectivity index (χ2n) is 3.79. The van der Waals surface area contributed by atoms with Crippen molar-refractivity contribution in [3.63, 3.8) is 0 Å². The van der Waals surface area contributed by atoms with Gasteiger partial charge in [-0.25, -0.2) is 9.97 Å². The summed E-state index contributed by atoms with van der Waals surface area (Å²) in [5.41, 5.74) is 7.13. The second kappa shape index (κ2) is 4.85. The van der Waals surface area contributed by atoms with Gasteiger partial charge < -0.3 is 11.1 Å². The van der Waals surface area contributed by atoms with Crippen LogP contribution in [0.2, 0.25) is 0 Å². The molecule has 2 rings (SSSR count). The van der Waals surface area contributed by atoms with Crippen molar-refractivity contribution in [1.82, 2.24) is 15.0 Å². The third kappa shape index (κ3) is 2.64. The van der Waals surface area contributed by atoms with E-state index in [1.165, 1.54) is 0 Å². The number of pyridine rings is 1. The average Bonchev–Trinajstić information content (AvgIpc) is 2.28. The van der Waals surface area contributed by atoms with Crippen LogP contribution in [-0.4, -0.2) is 27.5 Å². The number of nitrogens with zero attached hydrogens (tertiary/aromatic N) is 3. The topological polar surface area (TPSA) is 76.7 Å². The van der Waals surface area contributed by atoms with E-state index in [2.05, 4.69) is 20.3 Å². The molecule has 0 bridgehead atoms. The van der Waals surface area contributed by atoms with E-state index in [0.29, 0.717) is 5.65 Å². The van der Waals surface area contributed by atoms with Crippen molar-refractivity contribution in [2.75, 3.05) is 11.9 Å². The third-order valence-electron chi connectivity index (χ3n) is 2.24. The molecule has 0 amide bonds. The van der Waals surface area contributed by atoms with Gasteiger partial charge in [0, 0.05) is 25.0 Å². The molecule has 0 aliphatic heterocycles. The molecule has 2 aromatic rings. The number of hydrogen-bond acceptors (Lipinski definition) is 5. The third-order valence-corrected chi connectivity index (χ3v) is 2.24. The Kier molecular flexibility index (Phi) is 3.26. The summed E-state index contributed by atoms with van der Waals surface area (Å²) < 4.78 is 0. The van der Waals surface area contributed by atoms with Gasteiger partial charge in [0.05, 0.1) is 0 Å². The zero-order chi connectivity index (χ0) is 11.4. The van der Waals surface area contributed by atoms with Gasteiger partial charge in [0.1, 0.15) is 11.3 Å². The van der Waals surface area contributed by atoms with Crippen LogP contribution in [0.4, 0.5) is 5.82 Å². The van der Waals surface area contributed by atoms with Crippen LogP contribution in [0.15, 0.2) is 24.5 Å². The van der Waals surface area contributed by atoms with Crippen LogP contribution in [0.1, 0.15) is 13.3 Å². The molecule has 2 heterocycles. The van der Waals surface area contributed by atoms with Gasteiger partial charge in [-0.15, -0.1) is 0 Å². The Balaban J connectivity index is 2.08. The van der Waals surface area contributed by atoms with Crippen LogP contribution < -0.4 is 11.1 Å². The number of anilines is 1. The van der Waals surface area contributed by atoms with Crippen molar-refractivity contribution in [3.05, 3.63) is 24.5 Å². The molecule has 84 valence electrons. The summed E-state index contributed by atoms with van der Waals surface area (Å²) in [6.45, 7) is 2.80. The van der Waals surface area contributed by atoms with Crippen LogP contribution in [-0.2, 0) is 0 Å². The van der Waals surface area contributed by atoms with Crippen molar-refractivity contribution in [1.29, 1.82) is 0 Å². The molecule has 2 aromatic heterocycles. The normalized spacial score (nSPS) is 12.6. The van der Waals surface area contributed by atoms with Gasteiger partial charge in [0.2, 0.25) is 0 Å². The molecule has 0 saturated carbocycles. The first kappa shape index (κ1) is 10.8. The number of nitrogens with two attached hydrogens (primary N) is 1. The molecule has 0 fully saturated rings. The van der Waals surface area contributed by atoms with Crippen molar-refractivity contribution in [3.8, 4) is 0 Å². The van der Waals surface area contributed by atoms with Gasteiger partial charge in [-0.05, 0) is 25.5 Å². The fourth-order valence-electron chi connectivity index (χ4n) is 1.38. The van der Waals surface area contributed by atoms with Gasteiger partial charge in [-0.1, -0.05) is 0 Å². The predicted molar refractivity (Wildman–Crippen MR) is 64.1 cm³/mol. The molecule has 3 N–H and O–H groups in total. The maximum Gasteiger partial charge on any atom is 0.180 e. The highest BCUT2D eigenvalue weighted by atomic mass is 15.0. The first-order valence-electron chi connectivity index (χ1n) is 5.33. The number of fused-ring (bicyclic) bond motifs is 1. The van der Waals surface area contributed by atoms with Crippen molar-refractivity contribution in [2.24, 2.45) is 5.73 Å². The van der Waals surface area contributed by atoms with E-state index in [4.69, 9.17) is 5.73 Å². The number of hydrogen-bond donors (Lipinski definition) is 2. The molecular weight excluding hydrogens is 202 g/mol. The summed E-state index contributed by atoms with van der Waals surface area (Å²) >= 11 is 0. The standard InChI is InChI=1S/C11H15N5/c1-8(12)4-5-14-10-3-2-9-11(16-10)15-7-6-13-9/h2-3,6-8H,4-5,12H2,1H3,(H,14,15,16). The molecule has 0 aliphatic carbocycles. The fourth-order valence-corrected chi connectivity index (χ4v) is 1.38. The Morgan fingerprint density at radius 1 is 1.31 bits per heavy atom. The lowest BCUT2D eigenvalue weighted by Gasteiger charge is -2.07. The molecular formula is C11H15N5. The Morgan fingerprint density at radius 3 is 2.94 bits per heavy atom. The molecule has 5 heteroatoms. The zero-order valence-electron chi connectivity index (χ0n) is 9.22. The molecule has 16 heavy (non-hydrogen) atoms. The maximum atomic E-state index is 5.66. The minimum atomic E-state index is 0.202. The molecule has 1 unspecified atom stereocenters. The summed E-state index contributed by atoms with van der Waals surface area (Å²) in [4.78, 5) is 12.7. The summed E-state index contributed by atoms with van der Waals surface area (Å²) in [6.07, 6.45) is 4.22. The first-order valence-corrected chi connectivity index (χ1v) is 5.33. The zero-order valence-corrected chi connectivity index (χ0v) is 9.22. The van der Waals surface area contributed by atoms with E-state index in [1.54, 1.807) is 12.4 Å². The van der Waals surface area contributed by atoms with E-state index in [0.717, 1.165) is 24.3 Å². The van der Waals surface area contributed by atoms with Crippen LogP contribution in [0, 0.1) is 0 Å². The van der Waals surface area contributed by atoms with E-state index in [-0.39, 0.29) is 6.04 Å². The van der Waals surface area contributed by atoms with Crippen LogP contribution >= 0.6 is 0 Å². The predicted octanol–water partition coefficient (Wildman–Crippen LogP) is 1.17. The summed E-state index contributed by atoms with van der Waals surface area (Å²) in [6, 6.07) is 4.01. The SMILES string of the molecule is CC(N)CCNc1ccc2nccnc2n1. The van der Waals surface area contributed by atoms with Gasteiger partial charge in [0.25, 0.3) is 0 Å². The average molecular weight is 217 g/mol. The summed E-state index contributed by atoms with van der Waals surface area (Å²) in [7, 11) is 0. The van der Waals surface area contributed by atoms with Gasteiger partial charge >= 0.3 is 0 Å². The maximum absolute atomic E-state index is 5.66. The van der Waals surface area contributed by atoms with E-state index < -0.39 is 0 Å². The van der Waals surface area contributed by atoms with Crippen LogP contribution in [0.5, 0.6) is 0 Å². The molecule has 0 saturated heterocycles. The molecule has 5 nitrogen and oxygen atoms in total. The van der Waals surface area contributed by atoms with Gasteiger partial charge in [0.15, 0.2) is 5.65 Å². The Morgan fingerprint density at radius 2 is 2.12 bits per heavy atom. The molecule has 0 radical (unpaired) electrons. The smallest absolute Gasteiger partial charge is 0.180 e. The van der Waals surface area contributed by atoms with E-state index in [1.807, 2.05) is 19.1 Å². The Bertz CT molecular complexity index is 469. The fraction of sp³-hybridized carbons (Fsp3) is 0.364. The van der Waals surface area contributed by atoms with Gasteiger partial charge in [-0.2, -0.15) is 0 Å². The highest BCUT2D eigenvalue weighted by molar-refractivity contribution is 5.71. The lowest BCUT2D eigenvalue weighted by molar-refractivity contribution is 0.689. The molecule has 0 spiro atoms. The van der Waals surface area contributed by atoms with Gasteiger partial charge in [-0.3, -0.25) is 4.98 Å². The minimum absolute atomic E-state index is 0.202. The number of rotatable bonds is 4. The molecule has 0 aliphatic rings. The lowest BCUT2D eigenvalue weighted by Crippen LogP contribution is -2.19. The Hall–Kier alpha value is -1.75. The van der Waals surface area contributed by atoms with E-state index in [9.17, 15) is 0 Å². The Labute approximate surface area is 94.1 Å². The number of nitrogens with one attached hydrogen (secondary N) is 1.